The van der Waals surface area contributed by atoms with Crippen LogP contribution in [0.1, 0.15) is 94.5 Å². The Kier molecular flexibility index (Phi) is 8.08. The molecule has 3 aliphatic heterocycles. The number of alkyl carbamates (subject to hydrolysis) is 1. The molecule has 1 aromatic carbocycles. The second kappa shape index (κ2) is 11.4. The monoisotopic (exact) mass is 554 g/mol. The van der Waals surface area contributed by atoms with Gasteiger partial charge < -0.3 is 19.7 Å². The second-order valence-corrected chi connectivity index (χ2v) is 12.8. The van der Waals surface area contributed by atoms with Crippen molar-refractivity contribution in [3.8, 4) is 5.75 Å². The van der Waals surface area contributed by atoms with Crippen molar-refractivity contribution >= 4 is 23.8 Å². The van der Waals surface area contributed by atoms with E-state index >= 15 is 0 Å². The summed E-state index contributed by atoms with van der Waals surface area (Å²) in [4.78, 5) is 53.6. The van der Waals surface area contributed by atoms with Crippen LogP contribution in [0, 0.1) is 0 Å². The SMILES string of the molecule is CC(C)(C)OC(=O)NC1(CN2CCCC[C@H]2COc2ccc3c(c2)CN(C2CCC(=O)NC2=O)C3=O)CCCC1. The van der Waals surface area contributed by atoms with Gasteiger partial charge >= 0.3 is 6.09 Å². The van der Waals surface area contributed by atoms with Gasteiger partial charge in [-0.15, -0.1) is 0 Å². The van der Waals surface area contributed by atoms with E-state index in [-0.39, 0.29) is 35.9 Å². The first-order valence-corrected chi connectivity index (χ1v) is 14.7. The molecule has 5 rings (SSSR count). The topological polar surface area (TPSA) is 117 Å². The molecule has 0 aromatic heterocycles. The van der Waals surface area contributed by atoms with Crippen LogP contribution in [-0.2, 0) is 20.9 Å². The molecule has 1 aromatic rings. The Bertz CT molecular complexity index is 1160. The molecule has 4 aliphatic rings. The standard InChI is InChI=1S/C30H42N4O6/c1-29(2,3)40-28(38)32-30(13-5-6-14-30)19-33-15-7-4-8-21(33)18-39-22-9-10-23-20(16-22)17-34(27(23)37)24-11-12-25(35)31-26(24)36/h9-10,16,21,24H,4-8,11-15,17-19H2,1-3H3,(H,32,38)(H,31,35,36)/t21-,24?/m0/s1. The molecule has 0 radical (unpaired) electrons. The predicted molar refractivity (Wildman–Crippen MR) is 148 cm³/mol. The summed E-state index contributed by atoms with van der Waals surface area (Å²) in [7, 11) is 0. The van der Waals surface area contributed by atoms with Crippen LogP contribution in [0.5, 0.6) is 5.75 Å². The molecular formula is C30H42N4O6. The Balaban J connectivity index is 1.21. The van der Waals surface area contributed by atoms with Crippen molar-refractivity contribution in [2.75, 3.05) is 19.7 Å². The maximum atomic E-state index is 13.0. The Morgan fingerprint density at radius 3 is 2.60 bits per heavy atom. The van der Waals surface area contributed by atoms with Crippen molar-refractivity contribution < 1.29 is 28.7 Å². The lowest BCUT2D eigenvalue weighted by Crippen LogP contribution is -2.58. The first kappa shape index (κ1) is 28.4. The van der Waals surface area contributed by atoms with Crippen molar-refractivity contribution in [1.29, 1.82) is 0 Å². The molecule has 10 heteroatoms. The molecule has 3 fully saturated rings. The number of carbonyl (C=O) groups excluding carboxylic acids is 4. The molecule has 0 spiro atoms. The van der Waals surface area contributed by atoms with Gasteiger partial charge in [-0.3, -0.25) is 24.6 Å². The summed E-state index contributed by atoms with van der Waals surface area (Å²) in [6.07, 6.45) is 7.58. The molecule has 4 amide bonds. The van der Waals surface area contributed by atoms with Gasteiger partial charge in [-0.1, -0.05) is 19.3 Å². The number of rotatable bonds is 7. The average molecular weight is 555 g/mol. The lowest BCUT2D eigenvalue weighted by atomic mass is 9.93. The van der Waals surface area contributed by atoms with Crippen LogP contribution < -0.4 is 15.4 Å². The van der Waals surface area contributed by atoms with E-state index in [1.807, 2.05) is 32.9 Å². The number of amides is 4. The molecule has 218 valence electrons. The van der Waals surface area contributed by atoms with Crippen LogP contribution in [0.15, 0.2) is 18.2 Å². The Labute approximate surface area is 236 Å². The highest BCUT2D eigenvalue weighted by Crippen LogP contribution is 2.34. The van der Waals surface area contributed by atoms with Crippen molar-refractivity contribution in [3.05, 3.63) is 29.3 Å². The minimum atomic E-state index is -0.630. The first-order chi connectivity index (χ1) is 19.0. The van der Waals surface area contributed by atoms with Gasteiger partial charge in [-0.05, 0) is 83.2 Å². The Morgan fingerprint density at radius 1 is 1.10 bits per heavy atom. The lowest BCUT2D eigenvalue weighted by Gasteiger charge is -2.42. The van der Waals surface area contributed by atoms with E-state index in [9.17, 15) is 19.2 Å². The van der Waals surface area contributed by atoms with Crippen molar-refractivity contribution in [3.63, 3.8) is 0 Å². The van der Waals surface area contributed by atoms with Crippen molar-refractivity contribution in [2.45, 2.75) is 108 Å². The lowest BCUT2D eigenvalue weighted by molar-refractivity contribution is -0.136. The quantitative estimate of drug-likeness (QED) is 0.496. The first-order valence-electron chi connectivity index (χ1n) is 14.7. The number of nitrogens with zero attached hydrogens (tertiary/aromatic N) is 2. The minimum absolute atomic E-state index is 0.186. The summed E-state index contributed by atoms with van der Waals surface area (Å²) in [5.74, 6) is -0.191. The number of nitrogens with one attached hydrogen (secondary N) is 2. The maximum Gasteiger partial charge on any atom is 0.408 e. The summed E-state index contributed by atoms with van der Waals surface area (Å²) in [6, 6.07) is 5.09. The van der Waals surface area contributed by atoms with Crippen LogP contribution >= 0.6 is 0 Å². The molecule has 1 saturated carbocycles. The fourth-order valence-electron chi connectivity index (χ4n) is 6.57. The van der Waals surface area contributed by atoms with E-state index in [0.29, 0.717) is 30.9 Å². The largest absolute Gasteiger partial charge is 0.492 e. The van der Waals surface area contributed by atoms with Crippen LogP contribution in [0.3, 0.4) is 0 Å². The Morgan fingerprint density at radius 2 is 1.88 bits per heavy atom. The fraction of sp³-hybridized carbons (Fsp3) is 0.667. The van der Waals surface area contributed by atoms with Crippen LogP contribution in [-0.4, -0.2) is 76.5 Å². The van der Waals surface area contributed by atoms with Gasteiger partial charge in [0.25, 0.3) is 5.91 Å². The molecule has 2 atom stereocenters. The third-order valence-electron chi connectivity index (χ3n) is 8.52. The smallest absolute Gasteiger partial charge is 0.408 e. The van der Waals surface area contributed by atoms with Crippen molar-refractivity contribution in [2.24, 2.45) is 0 Å². The molecule has 40 heavy (non-hydrogen) atoms. The maximum absolute atomic E-state index is 13.0. The van der Waals surface area contributed by atoms with Gasteiger partial charge in [0.05, 0.1) is 5.54 Å². The molecular weight excluding hydrogens is 512 g/mol. The molecule has 10 nitrogen and oxygen atoms in total. The fourth-order valence-corrected chi connectivity index (χ4v) is 6.57. The highest BCUT2D eigenvalue weighted by atomic mass is 16.6. The average Bonchev–Trinajstić information content (AvgIpc) is 3.46. The second-order valence-electron chi connectivity index (χ2n) is 12.8. The number of likely N-dealkylation sites (tertiary alicyclic amines) is 1. The van der Waals surface area contributed by atoms with Gasteiger partial charge in [0, 0.05) is 31.1 Å². The van der Waals surface area contributed by atoms with Crippen molar-refractivity contribution in [1.82, 2.24) is 20.4 Å². The van der Waals surface area contributed by atoms with E-state index in [4.69, 9.17) is 9.47 Å². The zero-order chi connectivity index (χ0) is 28.5. The van der Waals surface area contributed by atoms with Gasteiger partial charge in [-0.25, -0.2) is 4.79 Å². The number of benzene rings is 1. The number of hydrogen-bond acceptors (Lipinski definition) is 7. The summed E-state index contributed by atoms with van der Waals surface area (Å²) >= 11 is 0. The van der Waals surface area contributed by atoms with E-state index in [1.54, 1.807) is 11.0 Å². The van der Waals surface area contributed by atoms with Gasteiger partial charge in [0.15, 0.2) is 0 Å². The minimum Gasteiger partial charge on any atom is -0.492 e. The molecule has 0 bridgehead atoms. The number of hydrogen-bond donors (Lipinski definition) is 2. The molecule has 1 aliphatic carbocycles. The molecule has 2 saturated heterocycles. The zero-order valence-electron chi connectivity index (χ0n) is 23.9. The number of imide groups is 1. The number of carbonyl (C=O) groups is 4. The predicted octanol–water partition coefficient (Wildman–Crippen LogP) is 3.52. The van der Waals surface area contributed by atoms with E-state index in [0.717, 1.165) is 63.6 Å². The van der Waals surface area contributed by atoms with Crippen LogP contribution in [0.25, 0.3) is 0 Å². The Hall–Kier alpha value is -3.14. The van der Waals surface area contributed by atoms with E-state index in [2.05, 4.69) is 15.5 Å². The third-order valence-corrected chi connectivity index (χ3v) is 8.52. The third kappa shape index (κ3) is 6.43. The number of piperidine rings is 2. The van der Waals surface area contributed by atoms with E-state index < -0.39 is 17.6 Å². The van der Waals surface area contributed by atoms with Gasteiger partial charge in [0.2, 0.25) is 11.8 Å². The van der Waals surface area contributed by atoms with Crippen LogP contribution in [0.2, 0.25) is 0 Å². The van der Waals surface area contributed by atoms with Gasteiger partial charge in [0.1, 0.15) is 24.0 Å². The zero-order valence-corrected chi connectivity index (χ0v) is 23.9. The highest BCUT2D eigenvalue weighted by Gasteiger charge is 2.41. The van der Waals surface area contributed by atoms with E-state index in [1.165, 1.54) is 0 Å². The molecule has 2 N–H and O–H groups in total. The summed E-state index contributed by atoms with van der Waals surface area (Å²) < 4.78 is 11.9. The summed E-state index contributed by atoms with van der Waals surface area (Å²) in [5.41, 5.74) is 0.586. The van der Waals surface area contributed by atoms with Crippen LogP contribution in [0.4, 0.5) is 4.79 Å². The molecule has 3 heterocycles. The van der Waals surface area contributed by atoms with Gasteiger partial charge in [-0.2, -0.15) is 0 Å². The molecule has 1 unspecified atom stereocenters. The highest BCUT2D eigenvalue weighted by molar-refractivity contribution is 6.05. The summed E-state index contributed by atoms with van der Waals surface area (Å²) in [6.45, 7) is 8.23. The number of fused-ring (bicyclic) bond motifs is 1. The number of ether oxygens (including phenoxy) is 2. The normalized spacial score (nSPS) is 25.0. The summed E-state index contributed by atoms with van der Waals surface area (Å²) in [5, 5.41) is 5.58.